The number of nitrogens with zero attached hydrogens (tertiary/aromatic N) is 1. The summed E-state index contributed by atoms with van der Waals surface area (Å²) >= 11 is 0. The fraction of sp³-hybridized carbons (Fsp3) is 0.409. The lowest BCUT2D eigenvalue weighted by Crippen LogP contribution is -2.31. The average Bonchev–Trinajstić information content (AvgIpc) is 3.02. The van der Waals surface area contributed by atoms with E-state index in [4.69, 9.17) is 18.9 Å². The van der Waals surface area contributed by atoms with Crippen molar-refractivity contribution in [2.75, 3.05) is 45.8 Å². The summed E-state index contributed by atoms with van der Waals surface area (Å²) in [7, 11) is 3.15. The Morgan fingerprint density at radius 2 is 1.87 bits per heavy atom. The van der Waals surface area contributed by atoms with Gasteiger partial charge in [0.2, 0.25) is 0 Å². The van der Waals surface area contributed by atoms with Gasteiger partial charge in [0.05, 0.1) is 34.0 Å². The van der Waals surface area contributed by atoms with Crippen LogP contribution in [0.2, 0.25) is 0 Å². The minimum Gasteiger partial charge on any atom is -0.497 e. The van der Waals surface area contributed by atoms with Crippen molar-refractivity contribution >= 4 is 35.6 Å². The number of benzene rings is 2. The van der Waals surface area contributed by atoms with E-state index in [0.717, 1.165) is 17.9 Å². The Bertz CT molecular complexity index is 878. The van der Waals surface area contributed by atoms with Crippen LogP contribution in [-0.4, -0.2) is 51.6 Å². The first-order chi connectivity index (χ1) is 14.6. The Hall–Kier alpha value is -2.40. The predicted octanol–water partition coefficient (Wildman–Crippen LogP) is 3.59. The molecular weight excluding hydrogens is 513 g/mol. The minimum absolute atomic E-state index is 0. The Kier molecular flexibility index (Phi) is 9.99. The molecule has 2 aromatic carbocycles. The molecule has 0 fully saturated rings. The van der Waals surface area contributed by atoms with Crippen molar-refractivity contribution in [1.82, 2.24) is 5.32 Å². The topological polar surface area (TPSA) is 93.6 Å². The second-order valence-corrected chi connectivity index (χ2v) is 6.68. The quantitative estimate of drug-likeness (QED) is 0.279. The van der Waals surface area contributed by atoms with E-state index in [1.54, 1.807) is 32.4 Å². The number of halogens is 1. The number of methoxy groups -OCH3 is 2. The van der Waals surface area contributed by atoms with Crippen LogP contribution in [0, 0.1) is 0 Å². The zero-order valence-electron chi connectivity index (χ0n) is 18.0. The lowest BCUT2D eigenvalue weighted by Gasteiger charge is -2.16. The molecule has 0 bridgehead atoms. The molecule has 0 radical (unpaired) electrons. The van der Waals surface area contributed by atoms with Gasteiger partial charge >= 0.3 is 0 Å². The van der Waals surface area contributed by atoms with Crippen LogP contribution in [0.1, 0.15) is 25.0 Å². The predicted molar refractivity (Wildman–Crippen MR) is 132 cm³/mol. The molecule has 0 amide bonds. The SMILES string of the molecule is CCNC(=NCC(O)c1cc(OC)ccc1OC)Nc1ccc2c(c1)OCCCO2.I. The second kappa shape index (κ2) is 12.5. The summed E-state index contributed by atoms with van der Waals surface area (Å²) in [6, 6.07) is 11.0. The maximum atomic E-state index is 10.7. The smallest absolute Gasteiger partial charge is 0.195 e. The number of rotatable bonds is 7. The van der Waals surface area contributed by atoms with Gasteiger partial charge in [0, 0.05) is 30.3 Å². The number of guanidine groups is 1. The van der Waals surface area contributed by atoms with Gasteiger partial charge in [-0.1, -0.05) is 0 Å². The number of aliphatic imine (C=N–C) groups is 1. The maximum absolute atomic E-state index is 10.7. The molecule has 1 heterocycles. The third kappa shape index (κ3) is 6.79. The van der Waals surface area contributed by atoms with Crippen LogP contribution in [0.3, 0.4) is 0 Å². The Morgan fingerprint density at radius 3 is 2.58 bits per heavy atom. The molecule has 1 atom stereocenters. The molecule has 3 N–H and O–H groups in total. The van der Waals surface area contributed by atoms with Crippen molar-refractivity contribution < 1.29 is 24.1 Å². The molecule has 0 saturated carbocycles. The van der Waals surface area contributed by atoms with Crippen molar-refractivity contribution in [3.63, 3.8) is 0 Å². The highest BCUT2D eigenvalue weighted by molar-refractivity contribution is 14.0. The van der Waals surface area contributed by atoms with Crippen LogP contribution in [0.25, 0.3) is 0 Å². The van der Waals surface area contributed by atoms with Crippen LogP contribution in [0.5, 0.6) is 23.0 Å². The largest absolute Gasteiger partial charge is 0.497 e. The van der Waals surface area contributed by atoms with Gasteiger partial charge in [-0.2, -0.15) is 0 Å². The fourth-order valence-electron chi connectivity index (χ4n) is 3.06. The summed E-state index contributed by atoms with van der Waals surface area (Å²) in [5, 5.41) is 17.1. The molecule has 0 aliphatic carbocycles. The van der Waals surface area contributed by atoms with Crippen LogP contribution < -0.4 is 29.6 Å². The number of hydrogen-bond donors (Lipinski definition) is 3. The molecule has 8 nitrogen and oxygen atoms in total. The number of hydrogen-bond acceptors (Lipinski definition) is 6. The molecule has 0 saturated heterocycles. The number of aliphatic hydroxyl groups is 1. The summed E-state index contributed by atoms with van der Waals surface area (Å²) in [4.78, 5) is 4.52. The van der Waals surface area contributed by atoms with E-state index in [0.29, 0.717) is 48.5 Å². The van der Waals surface area contributed by atoms with E-state index < -0.39 is 6.10 Å². The highest BCUT2D eigenvalue weighted by Crippen LogP contribution is 2.32. The van der Waals surface area contributed by atoms with E-state index in [-0.39, 0.29) is 30.5 Å². The van der Waals surface area contributed by atoms with Gasteiger partial charge in [0.25, 0.3) is 0 Å². The lowest BCUT2D eigenvalue weighted by molar-refractivity contribution is 0.182. The molecule has 1 aliphatic rings. The van der Waals surface area contributed by atoms with Crippen molar-refractivity contribution in [1.29, 1.82) is 0 Å². The molecule has 31 heavy (non-hydrogen) atoms. The number of nitrogens with one attached hydrogen (secondary N) is 2. The van der Waals surface area contributed by atoms with Crippen LogP contribution >= 0.6 is 24.0 Å². The highest BCUT2D eigenvalue weighted by Gasteiger charge is 2.15. The minimum atomic E-state index is -0.853. The van der Waals surface area contributed by atoms with Gasteiger partial charge in [-0.25, -0.2) is 4.99 Å². The maximum Gasteiger partial charge on any atom is 0.195 e. The lowest BCUT2D eigenvalue weighted by atomic mass is 10.1. The first-order valence-corrected chi connectivity index (χ1v) is 9.99. The van der Waals surface area contributed by atoms with E-state index >= 15 is 0 Å². The van der Waals surface area contributed by atoms with Crippen molar-refractivity contribution in [3.8, 4) is 23.0 Å². The fourth-order valence-corrected chi connectivity index (χ4v) is 3.06. The molecule has 0 spiro atoms. The zero-order chi connectivity index (χ0) is 21.3. The first-order valence-electron chi connectivity index (χ1n) is 9.99. The Balaban J connectivity index is 0.00000341. The molecule has 2 aromatic rings. The van der Waals surface area contributed by atoms with Crippen molar-refractivity contribution in [2.45, 2.75) is 19.4 Å². The summed E-state index contributed by atoms with van der Waals surface area (Å²) < 4.78 is 22.0. The standard InChI is InChI=1S/C22H29N3O5.HI/c1-4-23-22(25-15-6-8-20-21(12-15)30-11-5-10-29-20)24-14-18(26)17-13-16(27-2)7-9-19(17)28-3;/h6-9,12-13,18,26H,4-5,10-11,14H2,1-3H3,(H2,23,24,25);1H. The van der Waals surface area contributed by atoms with E-state index in [1.165, 1.54) is 0 Å². The number of fused-ring (bicyclic) bond motifs is 1. The van der Waals surface area contributed by atoms with Gasteiger partial charge in [-0.05, 0) is 37.3 Å². The number of aliphatic hydroxyl groups excluding tert-OH is 1. The van der Waals surface area contributed by atoms with Crippen LogP contribution in [0.15, 0.2) is 41.4 Å². The Labute approximate surface area is 200 Å². The molecule has 0 aromatic heterocycles. The van der Waals surface area contributed by atoms with Crippen molar-refractivity contribution in [3.05, 3.63) is 42.0 Å². The molecule has 170 valence electrons. The zero-order valence-corrected chi connectivity index (χ0v) is 20.3. The second-order valence-electron chi connectivity index (χ2n) is 6.68. The highest BCUT2D eigenvalue weighted by atomic mass is 127. The summed E-state index contributed by atoms with van der Waals surface area (Å²) in [5.74, 6) is 3.22. The average molecular weight is 543 g/mol. The van der Waals surface area contributed by atoms with Gasteiger partial charge < -0.3 is 34.7 Å². The number of anilines is 1. The normalized spacial score (nSPS) is 14.0. The number of ether oxygens (including phenoxy) is 4. The van der Waals surface area contributed by atoms with Gasteiger partial charge in [0.15, 0.2) is 17.5 Å². The monoisotopic (exact) mass is 543 g/mol. The van der Waals surface area contributed by atoms with Gasteiger partial charge in [0.1, 0.15) is 17.6 Å². The summed E-state index contributed by atoms with van der Waals surface area (Å²) in [5.41, 5.74) is 1.43. The molecule has 1 unspecified atom stereocenters. The van der Waals surface area contributed by atoms with Crippen LogP contribution in [0.4, 0.5) is 5.69 Å². The van der Waals surface area contributed by atoms with Crippen LogP contribution in [-0.2, 0) is 0 Å². The summed E-state index contributed by atoms with van der Waals surface area (Å²) in [6.07, 6.45) is 0.00181. The first kappa shape index (κ1) is 24.9. The molecule has 1 aliphatic heterocycles. The third-order valence-electron chi connectivity index (χ3n) is 4.57. The van der Waals surface area contributed by atoms with Gasteiger partial charge in [-0.3, -0.25) is 0 Å². The summed E-state index contributed by atoms with van der Waals surface area (Å²) in [6.45, 7) is 4.07. The van der Waals surface area contributed by atoms with Crippen molar-refractivity contribution in [2.24, 2.45) is 4.99 Å². The van der Waals surface area contributed by atoms with E-state index in [2.05, 4.69) is 15.6 Å². The molecule has 9 heteroatoms. The Morgan fingerprint density at radius 1 is 1.10 bits per heavy atom. The molecular formula is C22H30IN3O5. The third-order valence-corrected chi connectivity index (χ3v) is 4.57. The van der Waals surface area contributed by atoms with E-state index in [9.17, 15) is 5.11 Å². The molecule has 3 rings (SSSR count). The van der Waals surface area contributed by atoms with Gasteiger partial charge in [-0.15, -0.1) is 24.0 Å². The van der Waals surface area contributed by atoms with E-state index in [1.807, 2.05) is 25.1 Å².